The highest BCUT2D eigenvalue weighted by molar-refractivity contribution is 5.99. The average molecular weight is 528 g/mol. The molecule has 0 aliphatic carbocycles. The van der Waals surface area contributed by atoms with Gasteiger partial charge in [0, 0.05) is 50.2 Å². The van der Waals surface area contributed by atoms with Crippen molar-refractivity contribution in [3.8, 4) is 0 Å². The number of rotatable bonds is 9. The van der Waals surface area contributed by atoms with Crippen molar-refractivity contribution in [3.05, 3.63) is 34.7 Å². The van der Waals surface area contributed by atoms with Crippen molar-refractivity contribution in [1.29, 1.82) is 0 Å². The first kappa shape index (κ1) is 29.0. The molecular weight excluding hydrogens is 493 g/mol. The number of hydrogen-bond donors (Lipinski definition) is 3. The molecule has 2 aliphatic rings. The molecule has 2 fully saturated rings. The topological polar surface area (TPSA) is 126 Å². The maximum atomic E-state index is 13.2. The van der Waals surface area contributed by atoms with Gasteiger partial charge >= 0.3 is 0 Å². The first-order valence-electron chi connectivity index (χ1n) is 11.8. The van der Waals surface area contributed by atoms with E-state index >= 15 is 0 Å². The van der Waals surface area contributed by atoms with Gasteiger partial charge in [-0.05, 0) is 45.0 Å². The molecule has 4 N–H and O–H groups in total. The summed E-state index contributed by atoms with van der Waals surface area (Å²) in [6, 6.07) is 4.85. The monoisotopic (exact) mass is 527 g/mol. The van der Waals surface area contributed by atoms with Crippen molar-refractivity contribution in [2.75, 3.05) is 57.7 Å². The molecule has 35 heavy (non-hydrogen) atoms. The Morgan fingerprint density at radius 3 is 2.37 bits per heavy atom. The van der Waals surface area contributed by atoms with Gasteiger partial charge in [0.1, 0.15) is 6.04 Å². The van der Waals surface area contributed by atoms with E-state index in [1.807, 2.05) is 18.2 Å². The summed E-state index contributed by atoms with van der Waals surface area (Å²) in [4.78, 5) is 41.9. The number of imide groups is 1. The van der Waals surface area contributed by atoms with Gasteiger partial charge in [-0.15, -0.1) is 24.8 Å². The molecule has 2 aromatic rings. The van der Waals surface area contributed by atoms with Crippen LogP contribution in [0.15, 0.2) is 29.2 Å². The number of piperazine rings is 1. The summed E-state index contributed by atoms with van der Waals surface area (Å²) in [5.74, 6) is -0.793. The summed E-state index contributed by atoms with van der Waals surface area (Å²) in [5.41, 5.74) is 6.03. The van der Waals surface area contributed by atoms with Crippen molar-refractivity contribution in [2.24, 2.45) is 5.73 Å². The highest BCUT2D eigenvalue weighted by Gasteiger charge is 2.30. The van der Waals surface area contributed by atoms with E-state index in [-0.39, 0.29) is 49.1 Å². The van der Waals surface area contributed by atoms with Gasteiger partial charge in [0.2, 0.25) is 5.91 Å². The zero-order valence-electron chi connectivity index (χ0n) is 19.8. The molecule has 0 saturated carbocycles. The number of nitrogens with zero attached hydrogens (tertiary/aromatic N) is 4. The van der Waals surface area contributed by atoms with Gasteiger partial charge in [0.05, 0.1) is 11.6 Å². The number of halogens is 2. The molecule has 4 rings (SSSR count). The molecule has 1 aromatic heterocycles. The van der Waals surface area contributed by atoms with Gasteiger partial charge in [-0.1, -0.05) is 12.1 Å². The molecule has 1 aromatic carbocycles. The maximum absolute atomic E-state index is 13.2. The Hall–Kier alpha value is -2.24. The Kier molecular flexibility index (Phi) is 11.4. The summed E-state index contributed by atoms with van der Waals surface area (Å²) in [5, 5.41) is 11.2. The summed E-state index contributed by atoms with van der Waals surface area (Å²) in [6.45, 7) is 7.89. The lowest BCUT2D eigenvalue weighted by molar-refractivity contribution is -0.136. The maximum Gasteiger partial charge on any atom is 0.277 e. The Morgan fingerprint density at radius 1 is 1.03 bits per heavy atom. The molecule has 1 atom stereocenters. The van der Waals surface area contributed by atoms with Crippen molar-refractivity contribution in [3.63, 3.8) is 0 Å². The molecule has 2 saturated heterocycles. The molecular formula is C23H35Cl2N7O3. The number of fused-ring (bicyclic) bond motifs is 1. The van der Waals surface area contributed by atoms with Gasteiger partial charge in [-0.3, -0.25) is 19.7 Å². The third-order valence-corrected chi connectivity index (χ3v) is 6.46. The third-order valence-electron chi connectivity index (χ3n) is 6.46. The molecule has 10 nitrogen and oxygen atoms in total. The fourth-order valence-electron chi connectivity index (χ4n) is 4.57. The summed E-state index contributed by atoms with van der Waals surface area (Å²) < 4.78 is 1.21. The van der Waals surface area contributed by atoms with Crippen LogP contribution in [-0.4, -0.2) is 83.8 Å². The minimum atomic E-state index is -0.767. The first-order chi connectivity index (χ1) is 16.1. The Balaban J connectivity index is 0.00000216. The largest absolute Gasteiger partial charge is 0.384 e. The lowest BCUT2D eigenvalue weighted by Gasteiger charge is -2.34. The second kappa shape index (κ2) is 13.7. The summed E-state index contributed by atoms with van der Waals surface area (Å²) in [7, 11) is 0. The Bertz CT molecular complexity index is 1060. The minimum absolute atomic E-state index is 0. The Labute approximate surface area is 217 Å². The predicted octanol–water partition coefficient (Wildman–Crippen LogP) is 0.986. The number of piperidine rings is 1. The average Bonchev–Trinajstić information content (AvgIpc) is 2.82. The summed E-state index contributed by atoms with van der Waals surface area (Å²) >= 11 is 0. The number of nitrogens with two attached hydrogens (primary N) is 1. The van der Waals surface area contributed by atoms with E-state index in [4.69, 9.17) is 5.73 Å². The van der Waals surface area contributed by atoms with E-state index < -0.39 is 11.9 Å². The highest BCUT2D eigenvalue weighted by atomic mass is 35.5. The van der Waals surface area contributed by atoms with E-state index in [1.165, 1.54) is 4.68 Å². The fraction of sp³-hybridized carbons (Fsp3) is 0.565. The van der Waals surface area contributed by atoms with Crippen LogP contribution < -0.4 is 21.9 Å². The van der Waals surface area contributed by atoms with Crippen LogP contribution in [0.1, 0.15) is 31.7 Å². The number of carbonyl (C=O) groups excluding carboxylic acids is 2. The zero-order chi connectivity index (χ0) is 23.2. The Morgan fingerprint density at radius 2 is 1.71 bits per heavy atom. The van der Waals surface area contributed by atoms with Crippen LogP contribution in [0.4, 0.5) is 5.69 Å². The third kappa shape index (κ3) is 7.14. The van der Waals surface area contributed by atoms with Gasteiger partial charge in [0.25, 0.3) is 11.5 Å². The van der Waals surface area contributed by atoms with Crippen LogP contribution >= 0.6 is 24.8 Å². The molecule has 0 bridgehead atoms. The van der Waals surface area contributed by atoms with Crippen molar-refractivity contribution < 1.29 is 9.59 Å². The summed E-state index contributed by atoms with van der Waals surface area (Å²) in [6.07, 6.45) is 4.10. The quantitative estimate of drug-likeness (QED) is 0.325. The van der Waals surface area contributed by atoms with E-state index in [2.05, 4.69) is 25.5 Å². The van der Waals surface area contributed by atoms with E-state index in [1.54, 1.807) is 6.20 Å². The molecule has 3 heterocycles. The zero-order valence-corrected chi connectivity index (χ0v) is 21.4. The van der Waals surface area contributed by atoms with Crippen molar-refractivity contribution >= 4 is 53.1 Å². The van der Waals surface area contributed by atoms with Crippen LogP contribution in [0.25, 0.3) is 10.8 Å². The second-order valence-corrected chi connectivity index (χ2v) is 8.74. The molecule has 12 heteroatoms. The van der Waals surface area contributed by atoms with Crippen LogP contribution in [-0.2, 0) is 9.59 Å². The number of carbonyl (C=O) groups is 2. The second-order valence-electron chi connectivity index (χ2n) is 8.74. The molecule has 2 aliphatic heterocycles. The van der Waals surface area contributed by atoms with Crippen molar-refractivity contribution in [2.45, 2.75) is 31.7 Å². The van der Waals surface area contributed by atoms with Gasteiger partial charge in [-0.25, -0.2) is 4.68 Å². The molecule has 0 radical (unpaired) electrons. The van der Waals surface area contributed by atoms with E-state index in [9.17, 15) is 14.4 Å². The number of benzene rings is 1. The van der Waals surface area contributed by atoms with Crippen LogP contribution in [0, 0.1) is 0 Å². The fourth-order valence-corrected chi connectivity index (χ4v) is 4.57. The standard InChI is InChI=1S/C23H33N7O3.2ClH/c24-8-2-10-28-12-14-29(15-13-28)11-3-9-25-18-5-1-4-17-16-26-30(23(33)21(17)18)19-6-7-20(31)27-22(19)32;;/h1,4-5,16,19,25H,2-3,6-15,24H2,(H,27,31,32);2*1H. The van der Waals surface area contributed by atoms with Gasteiger partial charge in [-0.2, -0.15) is 5.10 Å². The van der Waals surface area contributed by atoms with E-state index in [0.29, 0.717) is 5.39 Å². The molecule has 0 spiro atoms. The number of anilines is 1. The minimum Gasteiger partial charge on any atom is -0.384 e. The van der Waals surface area contributed by atoms with Crippen LogP contribution in [0.5, 0.6) is 0 Å². The molecule has 1 unspecified atom stereocenters. The van der Waals surface area contributed by atoms with Gasteiger partial charge < -0.3 is 20.9 Å². The number of aromatic nitrogens is 2. The molecule has 2 amide bonds. The van der Waals surface area contributed by atoms with E-state index in [0.717, 1.165) is 76.3 Å². The lowest BCUT2D eigenvalue weighted by Crippen LogP contribution is -2.47. The van der Waals surface area contributed by atoms with Gasteiger partial charge in [0.15, 0.2) is 0 Å². The SMILES string of the molecule is Cl.Cl.NCCCN1CCN(CCCNc2cccc3cnn(C4CCC(=O)NC4=O)c(=O)c23)CC1. The van der Waals surface area contributed by atoms with Crippen LogP contribution in [0.3, 0.4) is 0 Å². The first-order valence-corrected chi connectivity index (χ1v) is 11.8. The lowest BCUT2D eigenvalue weighted by atomic mass is 10.1. The highest BCUT2D eigenvalue weighted by Crippen LogP contribution is 2.22. The van der Waals surface area contributed by atoms with Crippen molar-refractivity contribution in [1.82, 2.24) is 24.9 Å². The number of nitrogens with one attached hydrogen (secondary N) is 2. The van der Waals surface area contributed by atoms with Crippen LogP contribution in [0.2, 0.25) is 0 Å². The number of hydrogen-bond acceptors (Lipinski definition) is 8. The predicted molar refractivity (Wildman–Crippen MR) is 142 cm³/mol. The number of amides is 2. The molecule has 194 valence electrons. The normalized spacial score (nSPS) is 19.1. The smallest absolute Gasteiger partial charge is 0.277 e.